The molecule has 88 valence electrons. The maximum Gasteiger partial charge on any atom is 0.170 e. The molecule has 0 aliphatic rings. The van der Waals surface area contributed by atoms with Crippen LogP contribution in [0.3, 0.4) is 0 Å². The van der Waals surface area contributed by atoms with E-state index in [-0.39, 0.29) is 5.84 Å². The van der Waals surface area contributed by atoms with Crippen molar-refractivity contribution in [1.29, 1.82) is 0 Å². The molecule has 16 heavy (non-hydrogen) atoms. The summed E-state index contributed by atoms with van der Waals surface area (Å²) >= 11 is 0. The standard InChI is InChI=1S/C12H19N3O/c1-3-8-15(2)9-10-4-6-11(7-5-10)12(13)14-16/h4-7,16H,3,8-9H2,1-2H3,(H2,13,14). The molecule has 0 aliphatic carbocycles. The topological polar surface area (TPSA) is 61.8 Å². The lowest BCUT2D eigenvalue weighted by atomic mass is 10.1. The van der Waals surface area contributed by atoms with Crippen molar-refractivity contribution in [1.82, 2.24) is 4.90 Å². The van der Waals surface area contributed by atoms with Crippen LogP contribution in [0, 0.1) is 0 Å². The van der Waals surface area contributed by atoms with E-state index in [1.807, 2.05) is 24.3 Å². The SMILES string of the molecule is CCCN(C)Cc1ccc(/C(N)=N/O)cc1. The minimum atomic E-state index is 0.147. The number of nitrogens with zero attached hydrogens (tertiary/aromatic N) is 2. The van der Waals surface area contributed by atoms with Gasteiger partial charge in [0.05, 0.1) is 0 Å². The molecule has 4 heteroatoms. The van der Waals surface area contributed by atoms with Gasteiger partial charge in [0, 0.05) is 12.1 Å². The maximum absolute atomic E-state index is 8.53. The monoisotopic (exact) mass is 221 g/mol. The van der Waals surface area contributed by atoms with Crippen LogP contribution in [-0.4, -0.2) is 29.5 Å². The second-order valence-electron chi connectivity index (χ2n) is 3.92. The van der Waals surface area contributed by atoms with Crippen molar-refractivity contribution in [2.45, 2.75) is 19.9 Å². The van der Waals surface area contributed by atoms with E-state index in [1.165, 1.54) is 5.56 Å². The summed E-state index contributed by atoms with van der Waals surface area (Å²) in [4.78, 5) is 2.26. The zero-order valence-electron chi connectivity index (χ0n) is 9.85. The first-order valence-electron chi connectivity index (χ1n) is 5.42. The number of benzene rings is 1. The average Bonchev–Trinajstić information content (AvgIpc) is 2.29. The Labute approximate surface area is 96.4 Å². The van der Waals surface area contributed by atoms with Crippen molar-refractivity contribution in [2.24, 2.45) is 10.9 Å². The zero-order valence-corrected chi connectivity index (χ0v) is 9.85. The molecule has 0 radical (unpaired) electrons. The van der Waals surface area contributed by atoms with Gasteiger partial charge in [-0.1, -0.05) is 36.3 Å². The van der Waals surface area contributed by atoms with E-state index < -0.39 is 0 Å². The van der Waals surface area contributed by atoms with Crippen molar-refractivity contribution in [3.63, 3.8) is 0 Å². The number of rotatable bonds is 5. The van der Waals surface area contributed by atoms with Crippen LogP contribution < -0.4 is 5.73 Å². The van der Waals surface area contributed by atoms with Gasteiger partial charge in [0.1, 0.15) is 0 Å². The molecule has 1 aromatic carbocycles. The van der Waals surface area contributed by atoms with E-state index in [0.717, 1.165) is 25.1 Å². The van der Waals surface area contributed by atoms with E-state index in [9.17, 15) is 0 Å². The van der Waals surface area contributed by atoms with Crippen LogP contribution in [-0.2, 0) is 6.54 Å². The molecular weight excluding hydrogens is 202 g/mol. The maximum atomic E-state index is 8.53. The molecule has 0 saturated heterocycles. The van der Waals surface area contributed by atoms with Gasteiger partial charge >= 0.3 is 0 Å². The minimum Gasteiger partial charge on any atom is -0.409 e. The summed E-state index contributed by atoms with van der Waals surface area (Å²) in [5.41, 5.74) is 7.45. The highest BCUT2D eigenvalue weighted by atomic mass is 16.4. The van der Waals surface area contributed by atoms with Gasteiger partial charge in [0.25, 0.3) is 0 Å². The molecule has 0 unspecified atom stereocenters. The van der Waals surface area contributed by atoms with Crippen molar-refractivity contribution in [3.8, 4) is 0 Å². The van der Waals surface area contributed by atoms with Crippen LogP contribution in [0.25, 0.3) is 0 Å². The highest BCUT2D eigenvalue weighted by Crippen LogP contribution is 2.06. The highest BCUT2D eigenvalue weighted by Gasteiger charge is 2.01. The van der Waals surface area contributed by atoms with Crippen LogP contribution in [0.15, 0.2) is 29.4 Å². The van der Waals surface area contributed by atoms with Crippen molar-refractivity contribution in [2.75, 3.05) is 13.6 Å². The van der Waals surface area contributed by atoms with Gasteiger partial charge in [-0.15, -0.1) is 0 Å². The van der Waals surface area contributed by atoms with E-state index >= 15 is 0 Å². The van der Waals surface area contributed by atoms with Gasteiger partial charge < -0.3 is 15.8 Å². The fourth-order valence-corrected chi connectivity index (χ4v) is 1.61. The quantitative estimate of drug-likeness (QED) is 0.344. The van der Waals surface area contributed by atoms with Gasteiger partial charge in [0.2, 0.25) is 0 Å². The number of hydrogen-bond acceptors (Lipinski definition) is 3. The predicted molar refractivity (Wildman–Crippen MR) is 65.6 cm³/mol. The van der Waals surface area contributed by atoms with Crippen LogP contribution >= 0.6 is 0 Å². The summed E-state index contributed by atoms with van der Waals surface area (Å²) in [7, 11) is 2.10. The Balaban J connectivity index is 2.64. The van der Waals surface area contributed by atoms with Gasteiger partial charge in [-0.3, -0.25) is 0 Å². The van der Waals surface area contributed by atoms with Crippen molar-refractivity contribution >= 4 is 5.84 Å². The lowest BCUT2D eigenvalue weighted by Crippen LogP contribution is -2.18. The second-order valence-corrected chi connectivity index (χ2v) is 3.92. The van der Waals surface area contributed by atoms with Crippen LogP contribution in [0.4, 0.5) is 0 Å². The Morgan fingerprint density at radius 1 is 1.38 bits per heavy atom. The van der Waals surface area contributed by atoms with E-state index in [1.54, 1.807) is 0 Å². The normalized spacial score (nSPS) is 12.1. The van der Waals surface area contributed by atoms with Crippen LogP contribution in [0.5, 0.6) is 0 Å². The molecule has 1 aromatic rings. The largest absolute Gasteiger partial charge is 0.409 e. The lowest BCUT2D eigenvalue weighted by Gasteiger charge is -2.15. The van der Waals surface area contributed by atoms with Gasteiger partial charge in [-0.25, -0.2) is 0 Å². The first-order chi connectivity index (χ1) is 7.67. The van der Waals surface area contributed by atoms with Crippen LogP contribution in [0.2, 0.25) is 0 Å². The molecule has 0 spiro atoms. The smallest absolute Gasteiger partial charge is 0.170 e. The molecule has 0 aromatic heterocycles. The molecule has 4 nitrogen and oxygen atoms in total. The Hall–Kier alpha value is -1.55. The van der Waals surface area contributed by atoms with E-state index in [4.69, 9.17) is 10.9 Å². The zero-order chi connectivity index (χ0) is 12.0. The first-order valence-corrected chi connectivity index (χ1v) is 5.42. The molecule has 0 fully saturated rings. The Morgan fingerprint density at radius 2 is 2.00 bits per heavy atom. The Bertz CT molecular complexity index is 346. The number of oxime groups is 1. The summed E-state index contributed by atoms with van der Waals surface area (Å²) in [6.07, 6.45) is 1.15. The molecule has 0 aliphatic heterocycles. The summed E-state index contributed by atoms with van der Waals surface area (Å²) in [6, 6.07) is 7.73. The third-order valence-electron chi connectivity index (χ3n) is 2.42. The molecule has 0 amide bonds. The molecular formula is C12H19N3O. The summed E-state index contributed by atoms with van der Waals surface area (Å²) in [6.45, 7) is 4.17. The fourth-order valence-electron chi connectivity index (χ4n) is 1.61. The third kappa shape index (κ3) is 3.55. The highest BCUT2D eigenvalue weighted by molar-refractivity contribution is 5.96. The molecule has 0 saturated carbocycles. The number of amidine groups is 1. The van der Waals surface area contributed by atoms with Crippen molar-refractivity contribution in [3.05, 3.63) is 35.4 Å². The minimum absolute atomic E-state index is 0.147. The van der Waals surface area contributed by atoms with Crippen molar-refractivity contribution < 1.29 is 5.21 Å². The van der Waals surface area contributed by atoms with E-state index in [2.05, 4.69) is 24.0 Å². The lowest BCUT2D eigenvalue weighted by molar-refractivity contribution is 0.318. The Kier molecular flexibility index (Phi) is 4.79. The number of nitrogens with two attached hydrogens (primary N) is 1. The van der Waals surface area contributed by atoms with Gasteiger partial charge in [-0.2, -0.15) is 0 Å². The molecule has 3 N–H and O–H groups in total. The molecule has 1 rings (SSSR count). The van der Waals surface area contributed by atoms with Crippen LogP contribution in [0.1, 0.15) is 24.5 Å². The third-order valence-corrected chi connectivity index (χ3v) is 2.42. The first kappa shape index (κ1) is 12.5. The summed E-state index contributed by atoms with van der Waals surface area (Å²) in [5, 5.41) is 11.5. The van der Waals surface area contributed by atoms with Gasteiger partial charge in [-0.05, 0) is 25.6 Å². The van der Waals surface area contributed by atoms with E-state index in [0.29, 0.717) is 0 Å². The molecule has 0 heterocycles. The molecule has 0 atom stereocenters. The number of hydrogen-bond donors (Lipinski definition) is 2. The average molecular weight is 221 g/mol. The second kappa shape index (κ2) is 6.12. The molecule has 0 bridgehead atoms. The summed E-state index contributed by atoms with van der Waals surface area (Å²) < 4.78 is 0. The summed E-state index contributed by atoms with van der Waals surface area (Å²) in [5.74, 6) is 0.147. The predicted octanol–water partition coefficient (Wildman–Crippen LogP) is 1.62. The van der Waals surface area contributed by atoms with Gasteiger partial charge in [0.15, 0.2) is 5.84 Å². The Morgan fingerprint density at radius 3 is 2.50 bits per heavy atom. The fraction of sp³-hybridized carbons (Fsp3) is 0.417.